The van der Waals surface area contributed by atoms with Gasteiger partial charge in [-0.25, -0.2) is 0 Å². The fourth-order valence-corrected chi connectivity index (χ4v) is 1.39. The Morgan fingerprint density at radius 2 is 1.90 bits per heavy atom. The number of rotatable bonds is 3. The van der Waals surface area contributed by atoms with Crippen LogP contribution in [0.2, 0.25) is 0 Å². The lowest BCUT2D eigenvalue weighted by Crippen LogP contribution is -2.15. The smallest absolute Gasteiger partial charge is 0.0628 e. The zero-order valence-electron chi connectivity index (χ0n) is 7.35. The molecule has 0 amide bonds. The summed E-state index contributed by atoms with van der Waals surface area (Å²) in [4.78, 5) is 0. The van der Waals surface area contributed by atoms with Gasteiger partial charge in [-0.2, -0.15) is 11.8 Å². The molecule has 0 radical (unpaired) electrons. The van der Waals surface area contributed by atoms with Crippen molar-refractivity contribution in [1.82, 2.24) is 0 Å². The highest BCUT2D eigenvalue weighted by molar-refractivity contribution is 8.00. The summed E-state index contributed by atoms with van der Waals surface area (Å²) < 4.78 is 0.288. The molecular formula is C8H18OS. The first-order chi connectivity index (χ1) is 4.45. The van der Waals surface area contributed by atoms with Gasteiger partial charge in [-0.15, -0.1) is 0 Å². The van der Waals surface area contributed by atoms with Crippen molar-refractivity contribution in [1.29, 1.82) is 0 Å². The highest BCUT2D eigenvalue weighted by atomic mass is 32.2. The molecule has 0 spiro atoms. The molecule has 1 atom stereocenters. The quantitative estimate of drug-likeness (QED) is 0.687. The minimum absolute atomic E-state index is 0.121. The van der Waals surface area contributed by atoms with E-state index in [1.54, 1.807) is 0 Å². The van der Waals surface area contributed by atoms with Gasteiger partial charge in [0.2, 0.25) is 0 Å². The van der Waals surface area contributed by atoms with Crippen LogP contribution in [-0.2, 0) is 0 Å². The predicted octanol–water partition coefficient (Wildman–Crippen LogP) is 2.29. The number of aliphatic hydroxyl groups is 1. The van der Waals surface area contributed by atoms with E-state index in [-0.39, 0.29) is 10.9 Å². The van der Waals surface area contributed by atoms with Crippen molar-refractivity contribution in [3.8, 4) is 0 Å². The van der Waals surface area contributed by atoms with Crippen LogP contribution >= 0.6 is 11.8 Å². The van der Waals surface area contributed by atoms with Crippen LogP contribution in [0.3, 0.4) is 0 Å². The van der Waals surface area contributed by atoms with Crippen molar-refractivity contribution >= 4 is 11.8 Å². The van der Waals surface area contributed by atoms with Gasteiger partial charge in [0.25, 0.3) is 0 Å². The summed E-state index contributed by atoms with van der Waals surface area (Å²) in [5.74, 6) is 0.861. The second-order valence-electron chi connectivity index (χ2n) is 3.49. The molecule has 0 saturated heterocycles. The Bertz CT molecular complexity index is 85.7. The van der Waals surface area contributed by atoms with Gasteiger partial charge in [0.15, 0.2) is 0 Å². The molecule has 0 aliphatic heterocycles. The van der Waals surface area contributed by atoms with Gasteiger partial charge in [0, 0.05) is 10.5 Å². The maximum atomic E-state index is 9.20. The molecule has 1 N–H and O–H groups in total. The van der Waals surface area contributed by atoms with Crippen LogP contribution in [0, 0.1) is 0 Å². The summed E-state index contributed by atoms with van der Waals surface area (Å²) in [6, 6.07) is 0. The lowest BCUT2D eigenvalue weighted by molar-refractivity contribution is 0.195. The first kappa shape index (κ1) is 10.3. The van der Waals surface area contributed by atoms with Gasteiger partial charge < -0.3 is 5.11 Å². The first-order valence-corrected chi connectivity index (χ1v) is 4.76. The van der Waals surface area contributed by atoms with Crippen molar-refractivity contribution in [3.63, 3.8) is 0 Å². The van der Waals surface area contributed by atoms with Crippen molar-refractivity contribution < 1.29 is 5.11 Å². The molecule has 0 saturated carbocycles. The van der Waals surface area contributed by atoms with E-state index in [2.05, 4.69) is 20.8 Å². The Balaban J connectivity index is 3.36. The van der Waals surface area contributed by atoms with Crippen molar-refractivity contribution in [2.45, 2.75) is 45.0 Å². The van der Waals surface area contributed by atoms with Crippen LogP contribution < -0.4 is 0 Å². The van der Waals surface area contributed by atoms with E-state index in [1.807, 2.05) is 18.7 Å². The molecule has 0 aliphatic carbocycles. The number of aliphatic hydroxyl groups excluding tert-OH is 1. The summed E-state index contributed by atoms with van der Waals surface area (Å²) in [6.07, 6.45) is 0.743. The minimum atomic E-state index is -0.121. The molecule has 0 rings (SSSR count). The second kappa shape index (κ2) is 4.24. The molecule has 0 aromatic rings. The number of hydrogen-bond donors (Lipinski definition) is 1. The lowest BCUT2D eigenvalue weighted by atomic mass is 10.3. The molecule has 2 heteroatoms. The van der Waals surface area contributed by atoms with Gasteiger partial charge in [-0.05, 0) is 6.42 Å². The van der Waals surface area contributed by atoms with Crippen LogP contribution in [0.25, 0.3) is 0 Å². The Hall–Kier alpha value is 0.310. The van der Waals surface area contributed by atoms with E-state index in [1.165, 1.54) is 0 Å². The topological polar surface area (TPSA) is 20.2 Å². The Labute approximate surface area is 68.2 Å². The van der Waals surface area contributed by atoms with Crippen molar-refractivity contribution in [2.75, 3.05) is 5.75 Å². The molecule has 1 nitrogen and oxygen atoms in total. The van der Waals surface area contributed by atoms with Gasteiger partial charge in [0.1, 0.15) is 0 Å². The van der Waals surface area contributed by atoms with E-state index in [0.29, 0.717) is 0 Å². The van der Waals surface area contributed by atoms with E-state index in [0.717, 1.165) is 12.2 Å². The Morgan fingerprint density at radius 3 is 2.20 bits per heavy atom. The second-order valence-corrected chi connectivity index (χ2v) is 5.33. The summed E-state index contributed by atoms with van der Waals surface area (Å²) in [5.41, 5.74) is 0. The largest absolute Gasteiger partial charge is 0.392 e. The minimum Gasteiger partial charge on any atom is -0.392 e. The lowest BCUT2D eigenvalue weighted by Gasteiger charge is -2.19. The van der Waals surface area contributed by atoms with Crippen LogP contribution in [-0.4, -0.2) is 21.7 Å². The standard InChI is InChI=1S/C8H18OS/c1-5-7(9)6-10-8(2,3)4/h7,9H,5-6H2,1-4H3/t7-/m0/s1. The average molecular weight is 162 g/mol. The van der Waals surface area contributed by atoms with Gasteiger partial charge in [-0.1, -0.05) is 27.7 Å². The third-order valence-electron chi connectivity index (χ3n) is 1.18. The fourth-order valence-electron chi connectivity index (χ4n) is 0.464. The first-order valence-electron chi connectivity index (χ1n) is 3.77. The van der Waals surface area contributed by atoms with Crippen LogP contribution in [0.5, 0.6) is 0 Å². The normalized spacial score (nSPS) is 15.3. The molecule has 0 aromatic carbocycles. The molecule has 0 aromatic heterocycles. The zero-order valence-corrected chi connectivity index (χ0v) is 8.16. The highest BCUT2D eigenvalue weighted by Crippen LogP contribution is 2.23. The number of thioether (sulfide) groups is 1. The molecule has 10 heavy (non-hydrogen) atoms. The SMILES string of the molecule is CC[C@H](O)CSC(C)(C)C. The van der Waals surface area contributed by atoms with Crippen molar-refractivity contribution in [2.24, 2.45) is 0 Å². The number of hydrogen-bond acceptors (Lipinski definition) is 2. The van der Waals surface area contributed by atoms with Crippen LogP contribution in [0.4, 0.5) is 0 Å². The van der Waals surface area contributed by atoms with E-state index in [9.17, 15) is 5.11 Å². The monoisotopic (exact) mass is 162 g/mol. The third kappa shape index (κ3) is 6.43. The maximum Gasteiger partial charge on any atom is 0.0628 e. The van der Waals surface area contributed by atoms with Gasteiger partial charge >= 0.3 is 0 Å². The molecule has 0 bridgehead atoms. The summed E-state index contributed by atoms with van der Waals surface area (Å²) >= 11 is 1.82. The summed E-state index contributed by atoms with van der Waals surface area (Å²) in [6.45, 7) is 8.51. The summed E-state index contributed by atoms with van der Waals surface area (Å²) in [7, 11) is 0. The van der Waals surface area contributed by atoms with Crippen molar-refractivity contribution in [3.05, 3.63) is 0 Å². The molecule has 62 valence electrons. The average Bonchev–Trinajstić information content (AvgIpc) is 1.81. The molecule has 0 fully saturated rings. The van der Waals surface area contributed by atoms with Crippen LogP contribution in [0.15, 0.2) is 0 Å². The van der Waals surface area contributed by atoms with E-state index >= 15 is 0 Å². The third-order valence-corrected chi connectivity index (χ3v) is 2.60. The molecule has 0 unspecified atom stereocenters. The molecular weight excluding hydrogens is 144 g/mol. The Morgan fingerprint density at radius 1 is 1.40 bits per heavy atom. The van der Waals surface area contributed by atoms with Crippen LogP contribution in [0.1, 0.15) is 34.1 Å². The Kier molecular flexibility index (Phi) is 4.37. The van der Waals surface area contributed by atoms with E-state index < -0.39 is 0 Å². The predicted molar refractivity (Wildman–Crippen MR) is 48.5 cm³/mol. The maximum absolute atomic E-state index is 9.20. The molecule has 0 heterocycles. The zero-order chi connectivity index (χ0) is 8.20. The van der Waals surface area contributed by atoms with Gasteiger partial charge in [-0.3, -0.25) is 0 Å². The molecule has 0 aliphatic rings. The highest BCUT2D eigenvalue weighted by Gasteiger charge is 2.12. The summed E-state index contributed by atoms with van der Waals surface area (Å²) in [5, 5.41) is 9.20. The van der Waals surface area contributed by atoms with E-state index in [4.69, 9.17) is 0 Å². The van der Waals surface area contributed by atoms with Gasteiger partial charge in [0.05, 0.1) is 6.10 Å². The fraction of sp³-hybridized carbons (Fsp3) is 1.00.